The van der Waals surface area contributed by atoms with E-state index in [1.54, 1.807) is 12.4 Å². The maximum Gasteiger partial charge on any atom is 0.225 e. The van der Waals surface area contributed by atoms with Gasteiger partial charge >= 0.3 is 0 Å². The summed E-state index contributed by atoms with van der Waals surface area (Å²) in [6.45, 7) is 4.25. The molecule has 1 aromatic heterocycles. The smallest absolute Gasteiger partial charge is 0.225 e. The number of hydrogen-bond donors (Lipinski definition) is 0. The first kappa shape index (κ1) is 13.2. The van der Waals surface area contributed by atoms with Gasteiger partial charge in [0.25, 0.3) is 0 Å². The topological polar surface area (TPSA) is 29.0 Å². The molecule has 4 heteroatoms. The van der Waals surface area contributed by atoms with E-state index in [1.165, 1.54) is 0 Å². The Balaban J connectivity index is 1.90. The maximum atomic E-state index is 5.79. The molecule has 0 aromatic carbocycles. The molecule has 18 heavy (non-hydrogen) atoms. The Morgan fingerprint density at radius 2 is 2.06 bits per heavy atom. The van der Waals surface area contributed by atoms with Crippen LogP contribution < -0.4 is 4.90 Å². The molecule has 96 valence electrons. The van der Waals surface area contributed by atoms with Crippen LogP contribution in [0.15, 0.2) is 12.4 Å². The van der Waals surface area contributed by atoms with E-state index in [2.05, 4.69) is 27.7 Å². The molecule has 0 bridgehead atoms. The predicted molar refractivity (Wildman–Crippen MR) is 74.6 cm³/mol. The lowest BCUT2D eigenvalue weighted by atomic mass is 9.84. The molecule has 0 radical (unpaired) electrons. The Morgan fingerprint density at radius 3 is 2.61 bits per heavy atom. The molecule has 3 nitrogen and oxygen atoms in total. The van der Waals surface area contributed by atoms with Gasteiger partial charge in [-0.25, -0.2) is 9.97 Å². The van der Waals surface area contributed by atoms with E-state index in [-0.39, 0.29) is 0 Å². The number of nitrogens with zero attached hydrogens (tertiary/aromatic N) is 3. The fraction of sp³-hybridized carbons (Fsp3) is 0.571. The van der Waals surface area contributed by atoms with Crippen molar-refractivity contribution in [3.63, 3.8) is 0 Å². The van der Waals surface area contributed by atoms with E-state index in [1.807, 2.05) is 0 Å². The quantitative estimate of drug-likeness (QED) is 0.785. The number of piperidine rings is 1. The van der Waals surface area contributed by atoms with Crippen LogP contribution in [-0.4, -0.2) is 23.1 Å². The molecule has 1 atom stereocenters. The highest BCUT2D eigenvalue weighted by Crippen LogP contribution is 2.28. The van der Waals surface area contributed by atoms with Gasteiger partial charge in [0.1, 0.15) is 0 Å². The van der Waals surface area contributed by atoms with Crippen molar-refractivity contribution < 1.29 is 0 Å². The standard InChI is InChI=1S/C14H18ClN3/c1-3-4-11(2)12-5-7-18(8-6-12)14-16-9-13(15)10-17-14/h1,9-12H,4-8H2,2H3. The number of terminal acetylenes is 1. The lowest BCUT2D eigenvalue weighted by Crippen LogP contribution is -2.36. The van der Waals surface area contributed by atoms with E-state index >= 15 is 0 Å². The van der Waals surface area contributed by atoms with Gasteiger partial charge in [-0.1, -0.05) is 18.5 Å². The summed E-state index contributed by atoms with van der Waals surface area (Å²) in [5.41, 5.74) is 0. The summed E-state index contributed by atoms with van der Waals surface area (Å²) >= 11 is 5.79. The van der Waals surface area contributed by atoms with Crippen molar-refractivity contribution in [1.82, 2.24) is 9.97 Å². The van der Waals surface area contributed by atoms with Gasteiger partial charge in [-0.15, -0.1) is 12.3 Å². The summed E-state index contributed by atoms with van der Waals surface area (Å²) in [4.78, 5) is 10.7. The summed E-state index contributed by atoms with van der Waals surface area (Å²) in [6.07, 6.45) is 11.9. The summed E-state index contributed by atoms with van der Waals surface area (Å²) < 4.78 is 0. The van der Waals surface area contributed by atoms with Crippen molar-refractivity contribution in [3.8, 4) is 12.3 Å². The molecule has 1 aromatic rings. The second-order valence-corrected chi connectivity index (χ2v) is 5.35. The molecular formula is C14H18ClN3. The first-order valence-corrected chi connectivity index (χ1v) is 6.74. The van der Waals surface area contributed by atoms with Crippen LogP contribution in [0.2, 0.25) is 5.02 Å². The summed E-state index contributed by atoms with van der Waals surface area (Å²) in [5.74, 6) is 4.88. The van der Waals surface area contributed by atoms with E-state index in [9.17, 15) is 0 Å². The van der Waals surface area contributed by atoms with Crippen molar-refractivity contribution in [2.75, 3.05) is 18.0 Å². The molecule has 1 fully saturated rings. The number of aromatic nitrogens is 2. The highest BCUT2D eigenvalue weighted by Gasteiger charge is 2.24. The number of hydrogen-bond acceptors (Lipinski definition) is 3. The van der Waals surface area contributed by atoms with Crippen molar-refractivity contribution in [3.05, 3.63) is 17.4 Å². The van der Waals surface area contributed by atoms with E-state index in [0.29, 0.717) is 10.9 Å². The van der Waals surface area contributed by atoms with Crippen LogP contribution in [0.5, 0.6) is 0 Å². The maximum absolute atomic E-state index is 5.79. The van der Waals surface area contributed by atoms with E-state index in [4.69, 9.17) is 18.0 Å². The zero-order chi connectivity index (χ0) is 13.0. The Labute approximate surface area is 114 Å². The van der Waals surface area contributed by atoms with Gasteiger partial charge in [-0.05, 0) is 24.7 Å². The first-order chi connectivity index (χ1) is 8.70. The van der Waals surface area contributed by atoms with Crippen LogP contribution >= 0.6 is 11.6 Å². The SMILES string of the molecule is C#CCC(C)C1CCN(c2ncc(Cl)cn2)CC1. The van der Waals surface area contributed by atoms with Crippen LogP contribution in [0, 0.1) is 24.2 Å². The molecule has 0 spiro atoms. The third-order valence-electron chi connectivity index (χ3n) is 3.67. The third kappa shape index (κ3) is 3.14. The normalized spacial score (nSPS) is 18.4. The second-order valence-electron chi connectivity index (χ2n) is 4.91. The summed E-state index contributed by atoms with van der Waals surface area (Å²) in [5, 5.41) is 0.580. The molecule has 1 unspecified atom stereocenters. The number of anilines is 1. The third-order valence-corrected chi connectivity index (χ3v) is 3.87. The molecule has 0 aliphatic carbocycles. The van der Waals surface area contributed by atoms with Crippen LogP contribution in [0.25, 0.3) is 0 Å². The Bertz CT molecular complexity index is 416. The van der Waals surface area contributed by atoms with E-state index in [0.717, 1.165) is 44.2 Å². The van der Waals surface area contributed by atoms with Gasteiger partial charge < -0.3 is 4.90 Å². The second kappa shape index (κ2) is 6.06. The van der Waals surface area contributed by atoms with Crippen molar-refractivity contribution in [1.29, 1.82) is 0 Å². The van der Waals surface area contributed by atoms with Gasteiger partial charge in [0.15, 0.2) is 0 Å². The van der Waals surface area contributed by atoms with Crippen LogP contribution in [0.3, 0.4) is 0 Å². The highest BCUT2D eigenvalue weighted by atomic mass is 35.5. The summed E-state index contributed by atoms with van der Waals surface area (Å²) in [6, 6.07) is 0. The van der Waals surface area contributed by atoms with Crippen LogP contribution in [0.4, 0.5) is 5.95 Å². The minimum Gasteiger partial charge on any atom is -0.341 e. The molecule has 0 amide bonds. The van der Waals surface area contributed by atoms with Gasteiger partial charge in [-0.3, -0.25) is 0 Å². The van der Waals surface area contributed by atoms with Crippen LogP contribution in [-0.2, 0) is 0 Å². The van der Waals surface area contributed by atoms with Gasteiger partial charge in [0.2, 0.25) is 5.95 Å². The minimum absolute atomic E-state index is 0.580. The lowest BCUT2D eigenvalue weighted by molar-refractivity contribution is 0.296. The van der Waals surface area contributed by atoms with Crippen molar-refractivity contribution in [2.45, 2.75) is 26.2 Å². The minimum atomic E-state index is 0.580. The molecule has 0 N–H and O–H groups in total. The average Bonchev–Trinajstić information content (AvgIpc) is 2.40. The predicted octanol–water partition coefficient (Wildman–Crippen LogP) is 3.01. The zero-order valence-electron chi connectivity index (χ0n) is 10.6. The zero-order valence-corrected chi connectivity index (χ0v) is 11.4. The molecule has 1 aliphatic rings. The molecule has 2 heterocycles. The fourth-order valence-corrected chi connectivity index (χ4v) is 2.59. The van der Waals surface area contributed by atoms with E-state index < -0.39 is 0 Å². The average molecular weight is 264 g/mol. The molecule has 2 rings (SSSR count). The number of rotatable bonds is 3. The monoisotopic (exact) mass is 263 g/mol. The van der Waals surface area contributed by atoms with Crippen LogP contribution in [0.1, 0.15) is 26.2 Å². The summed E-state index contributed by atoms with van der Waals surface area (Å²) in [7, 11) is 0. The number of halogens is 1. The van der Waals surface area contributed by atoms with Gasteiger partial charge in [0.05, 0.1) is 17.4 Å². The Morgan fingerprint density at radius 1 is 1.44 bits per heavy atom. The first-order valence-electron chi connectivity index (χ1n) is 6.36. The molecule has 0 saturated carbocycles. The highest BCUT2D eigenvalue weighted by molar-refractivity contribution is 6.30. The molecule has 1 aliphatic heterocycles. The molecular weight excluding hydrogens is 246 g/mol. The Hall–Kier alpha value is -1.27. The van der Waals surface area contributed by atoms with Crippen molar-refractivity contribution in [2.24, 2.45) is 11.8 Å². The largest absolute Gasteiger partial charge is 0.341 e. The van der Waals surface area contributed by atoms with Gasteiger partial charge in [0, 0.05) is 19.5 Å². The Kier molecular flexibility index (Phi) is 4.43. The fourth-order valence-electron chi connectivity index (χ4n) is 2.49. The van der Waals surface area contributed by atoms with Gasteiger partial charge in [-0.2, -0.15) is 0 Å². The van der Waals surface area contributed by atoms with Crippen molar-refractivity contribution >= 4 is 17.5 Å². The molecule has 1 saturated heterocycles. The lowest BCUT2D eigenvalue weighted by Gasteiger charge is -2.34.